The molecule has 2 heterocycles. The molecule has 6 aromatic carbocycles. The van der Waals surface area contributed by atoms with Gasteiger partial charge in [-0.05, 0) is 95.3 Å². The maximum atomic E-state index is 4.34. The van der Waals surface area contributed by atoms with Crippen molar-refractivity contribution < 1.29 is 0 Å². The Balaban J connectivity index is 1.40. The van der Waals surface area contributed by atoms with Crippen molar-refractivity contribution in [2.45, 2.75) is 0 Å². The van der Waals surface area contributed by atoms with Crippen LogP contribution in [0.25, 0.3) is 76.5 Å². The zero-order valence-electron chi connectivity index (χ0n) is 20.6. The topological polar surface area (TPSA) is 25.8 Å². The lowest BCUT2D eigenvalue weighted by atomic mass is 9.86. The molecule has 38 heavy (non-hydrogen) atoms. The average Bonchev–Trinajstić information content (AvgIpc) is 3.00. The van der Waals surface area contributed by atoms with Gasteiger partial charge in [0.05, 0.1) is 0 Å². The molecular weight excluding hydrogens is 460 g/mol. The van der Waals surface area contributed by atoms with Crippen molar-refractivity contribution in [1.29, 1.82) is 0 Å². The third-order valence-corrected chi connectivity index (χ3v) is 7.82. The van der Waals surface area contributed by atoms with Gasteiger partial charge >= 0.3 is 0 Å². The van der Waals surface area contributed by atoms with Crippen molar-refractivity contribution in [3.8, 4) is 33.4 Å². The molecule has 176 valence electrons. The largest absolute Gasteiger partial charge is 0.265 e. The third kappa shape index (κ3) is 3.14. The van der Waals surface area contributed by atoms with Crippen molar-refractivity contribution in [3.05, 3.63) is 134 Å². The van der Waals surface area contributed by atoms with Gasteiger partial charge in [-0.25, -0.2) is 0 Å². The van der Waals surface area contributed by atoms with Gasteiger partial charge in [-0.3, -0.25) is 9.97 Å². The van der Waals surface area contributed by atoms with Gasteiger partial charge in [0.2, 0.25) is 0 Å². The highest BCUT2D eigenvalue weighted by Crippen LogP contribution is 2.43. The van der Waals surface area contributed by atoms with Crippen LogP contribution in [0.4, 0.5) is 0 Å². The molecule has 0 aliphatic rings. The van der Waals surface area contributed by atoms with Crippen LogP contribution in [0.1, 0.15) is 0 Å². The minimum absolute atomic E-state index is 1.16. The maximum Gasteiger partial charge on any atom is 0.0346 e. The van der Waals surface area contributed by atoms with Crippen molar-refractivity contribution in [2.75, 3.05) is 0 Å². The SMILES string of the molecule is c1cc(-c2ccncc2)cc(-c2ccc3ccc4c(-c5cccc6cnccc56)ccc5ccc2c3c54)c1. The Morgan fingerprint density at radius 1 is 0.368 bits per heavy atom. The maximum absolute atomic E-state index is 4.34. The average molecular weight is 483 g/mol. The van der Waals surface area contributed by atoms with Crippen LogP contribution in [0.15, 0.2) is 134 Å². The number of rotatable bonds is 3. The van der Waals surface area contributed by atoms with Gasteiger partial charge in [-0.15, -0.1) is 0 Å². The normalized spacial score (nSPS) is 11.7. The first-order valence-electron chi connectivity index (χ1n) is 12.9. The molecule has 0 amide bonds. The van der Waals surface area contributed by atoms with Crippen molar-refractivity contribution >= 4 is 43.1 Å². The Hall–Kier alpha value is -5.08. The highest BCUT2D eigenvalue weighted by Gasteiger charge is 2.16. The molecule has 2 aromatic heterocycles. The fraction of sp³-hybridized carbons (Fsp3) is 0. The Bertz CT molecular complexity index is 2120. The van der Waals surface area contributed by atoms with E-state index in [2.05, 4.69) is 119 Å². The Kier molecular flexibility index (Phi) is 4.55. The second kappa shape index (κ2) is 8.22. The van der Waals surface area contributed by atoms with Crippen LogP contribution < -0.4 is 0 Å². The molecule has 0 saturated heterocycles. The summed E-state index contributed by atoms with van der Waals surface area (Å²) >= 11 is 0. The van der Waals surface area contributed by atoms with Gasteiger partial charge in [0.1, 0.15) is 0 Å². The summed E-state index contributed by atoms with van der Waals surface area (Å²) in [6.07, 6.45) is 7.53. The van der Waals surface area contributed by atoms with Crippen molar-refractivity contribution in [1.82, 2.24) is 9.97 Å². The molecule has 0 spiro atoms. The summed E-state index contributed by atoms with van der Waals surface area (Å²) in [4.78, 5) is 8.52. The van der Waals surface area contributed by atoms with Crippen LogP contribution in [-0.2, 0) is 0 Å². The van der Waals surface area contributed by atoms with Crippen LogP contribution in [0.2, 0.25) is 0 Å². The molecule has 0 fully saturated rings. The summed E-state index contributed by atoms with van der Waals surface area (Å²) in [5.41, 5.74) is 7.35. The van der Waals surface area contributed by atoms with Gasteiger partial charge in [0.25, 0.3) is 0 Å². The second-order valence-corrected chi connectivity index (χ2v) is 9.87. The van der Waals surface area contributed by atoms with Gasteiger partial charge < -0.3 is 0 Å². The zero-order valence-corrected chi connectivity index (χ0v) is 20.6. The second-order valence-electron chi connectivity index (χ2n) is 9.87. The molecule has 0 radical (unpaired) electrons. The van der Waals surface area contributed by atoms with Crippen molar-refractivity contribution in [2.24, 2.45) is 0 Å². The van der Waals surface area contributed by atoms with Crippen LogP contribution in [0, 0.1) is 0 Å². The first-order valence-corrected chi connectivity index (χ1v) is 12.9. The van der Waals surface area contributed by atoms with Crippen LogP contribution in [0.3, 0.4) is 0 Å². The van der Waals surface area contributed by atoms with Gasteiger partial charge in [0.15, 0.2) is 0 Å². The van der Waals surface area contributed by atoms with E-state index in [0.29, 0.717) is 0 Å². The monoisotopic (exact) mass is 482 g/mol. The van der Waals surface area contributed by atoms with Crippen molar-refractivity contribution in [3.63, 3.8) is 0 Å². The molecule has 2 nitrogen and oxygen atoms in total. The molecule has 0 aliphatic heterocycles. The fourth-order valence-corrected chi connectivity index (χ4v) is 6.06. The van der Waals surface area contributed by atoms with E-state index in [0.717, 1.165) is 5.39 Å². The number of aromatic nitrogens is 2. The van der Waals surface area contributed by atoms with Crippen LogP contribution in [0.5, 0.6) is 0 Å². The predicted molar refractivity (Wildman–Crippen MR) is 160 cm³/mol. The van der Waals surface area contributed by atoms with Crippen LogP contribution >= 0.6 is 0 Å². The van der Waals surface area contributed by atoms with E-state index in [1.54, 1.807) is 0 Å². The first-order chi connectivity index (χ1) is 18.8. The molecule has 0 aliphatic carbocycles. The summed E-state index contributed by atoms with van der Waals surface area (Å²) in [5, 5.41) is 10.2. The van der Waals surface area contributed by atoms with E-state index in [9.17, 15) is 0 Å². The van der Waals surface area contributed by atoms with Gasteiger partial charge in [-0.1, -0.05) is 84.9 Å². The summed E-state index contributed by atoms with van der Waals surface area (Å²) in [6, 6.07) is 39.8. The summed E-state index contributed by atoms with van der Waals surface area (Å²) in [7, 11) is 0. The van der Waals surface area contributed by atoms with E-state index in [-0.39, 0.29) is 0 Å². The third-order valence-electron chi connectivity index (χ3n) is 7.82. The van der Waals surface area contributed by atoms with E-state index in [1.165, 1.54) is 71.1 Å². The molecule has 0 atom stereocenters. The van der Waals surface area contributed by atoms with E-state index >= 15 is 0 Å². The smallest absolute Gasteiger partial charge is 0.0346 e. The fourth-order valence-electron chi connectivity index (χ4n) is 6.06. The van der Waals surface area contributed by atoms with Gasteiger partial charge in [-0.2, -0.15) is 0 Å². The molecule has 2 heteroatoms. The first kappa shape index (κ1) is 21.0. The van der Waals surface area contributed by atoms with Crippen LogP contribution in [-0.4, -0.2) is 9.97 Å². The molecular formula is C36H22N2. The van der Waals surface area contributed by atoms with E-state index in [1.807, 2.05) is 24.8 Å². The molecule has 0 N–H and O–H groups in total. The minimum Gasteiger partial charge on any atom is -0.265 e. The lowest BCUT2D eigenvalue weighted by Crippen LogP contribution is -1.90. The number of pyridine rings is 2. The summed E-state index contributed by atoms with van der Waals surface area (Å²) < 4.78 is 0. The van der Waals surface area contributed by atoms with E-state index < -0.39 is 0 Å². The number of fused-ring (bicyclic) bond motifs is 1. The molecule has 8 rings (SSSR count). The number of hydrogen-bond donors (Lipinski definition) is 0. The summed E-state index contributed by atoms with van der Waals surface area (Å²) in [6.45, 7) is 0. The predicted octanol–water partition coefficient (Wildman–Crippen LogP) is 9.53. The number of benzene rings is 6. The Morgan fingerprint density at radius 3 is 1.82 bits per heavy atom. The lowest BCUT2D eigenvalue weighted by molar-refractivity contribution is 1.33. The highest BCUT2D eigenvalue weighted by molar-refractivity contribution is 6.28. The summed E-state index contributed by atoms with van der Waals surface area (Å²) in [5.74, 6) is 0. The number of hydrogen-bond acceptors (Lipinski definition) is 2. The van der Waals surface area contributed by atoms with Gasteiger partial charge in [0, 0.05) is 30.2 Å². The molecule has 8 aromatic rings. The Labute approximate surface area is 220 Å². The minimum atomic E-state index is 1.16. The zero-order chi connectivity index (χ0) is 25.1. The quantitative estimate of drug-likeness (QED) is 0.234. The Morgan fingerprint density at radius 2 is 1.00 bits per heavy atom. The lowest BCUT2D eigenvalue weighted by Gasteiger charge is -2.17. The molecule has 0 saturated carbocycles. The van der Waals surface area contributed by atoms with E-state index in [4.69, 9.17) is 0 Å². The standard InChI is InChI=1S/C36H22N2/c1-3-26(23-15-18-37-19-16-23)21-27(4-1)29-11-7-24-10-14-34-32(12-8-25-9-13-33(29)35(24)36(25)34)31-6-2-5-28-22-38-20-17-30(28)31/h1-22H. The molecule has 0 unspecified atom stereocenters. The highest BCUT2D eigenvalue weighted by atomic mass is 14.6. The number of nitrogens with zero attached hydrogens (tertiary/aromatic N) is 2. The molecule has 0 bridgehead atoms.